The zero-order chi connectivity index (χ0) is 19.3. The lowest BCUT2D eigenvalue weighted by Crippen LogP contribution is -2.38. The topological polar surface area (TPSA) is 72.3 Å². The normalized spacial score (nSPS) is 17.8. The number of hydrogen-bond donors (Lipinski definition) is 1. The van der Waals surface area contributed by atoms with Crippen molar-refractivity contribution in [1.82, 2.24) is 20.1 Å². The smallest absolute Gasteiger partial charge is 0.232 e. The molecule has 2 aliphatic rings. The van der Waals surface area contributed by atoms with Gasteiger partial charge >= 0.3 is 0 Å². The summed E-state index contributed by atoms with van der Waals surface area (Å²) in [5, 5.41) is 12.3. The van der Waals surface area contributed by atoms with E-state index in [-0.39, 0.29) is 23.5 Å². The number of benzene rings is 1. The highest BCUT2D eigenvalue weighted by molar-refractivity contribution is 7.99. The van der Waals surface area contributed by atoms with Gasteiger partial charge in [-0.15, -0.1) is 10.2 Å². The second kappa shape index (κ2) is 8.91. The molecule has 9 heteroatoms. The molecule has 0 unspecified atom stereocenters. The Balaban J connectivity index is 1.54. The number of carbonyl (C=O) groups is 1. The number of anilines is 1. The molecule has 1 aliphatic carbocycles. The number of morpholine rings is 1. The van der Waals surface area contributed by atoms with E-state index in [9.17, 15) is 9.18 Å². The van der Waals surface area contributed by atoms with Crippen molar-refractivity contribution in [2.24, 2.45) is 0 Å². The predicted octanol–water partition coefficient (Wildman–Crippen LogP) is 2.39. The Bertz CT molecular complexity index is 818. The zero-order valence-corrected chi connectivity index (χ0v) is 16.5. The van der Waals surface area contributed by atoms with Crippen molar-refractivity contribution < 1.29 is 13.9 Å². The fourth-order valence-electron chi connectivity index (χ4n) is 3.63. The van der Waals surface area contributed by atoms with Crippen LogP contribution in [0.5, 0.6) is 0 Å². The van der Waals surface area contributed by atoms with Crippen molar-refractivity contribution in [3.05, 3.63) is 30.1 Å². The molecule has 1 saturated carbocycles. The molecule has 1 amide bonds. The molecule has 7 nitrogen and oxygen atoms in total. The molecular formula is C19H24FN5O2S. The number of aromatic nitrogens is 3. The molecule has 0 bridgehead atoms. The first-order valence-corrected chi connectivity index (χ1v) is 10.7. The number of carbonyl (C=O) groups excluding carboxylic acids is 1. The van der Waals surface area contributed by atoms with Crippen LogP contribution >= 0.6 is 11.8 Å². The molecular weight excluding hydrogens is 381 g/mol. The van der Waals surface area contributed by atoms with Crippen LogP contribution in [0.4, 0.5) is 10.3 Å². The number of halogens is 1. The fraction of sp³-hybridized carbons (Fsp3) is 0.526. The third-order valence-corrected chi connectivity index (χ3v) is 5.96. The Hall–Kier alpha value is -2.13. The molecule has 0 atom stereocenters. The van der Waals surface area contributed by atoms with E-state index >= 15 is 0 Å². The minimum Gasteiger partial charge on any atom is -0.378 e. The second-order valence-electron chi connectivity index (χ2n) is 7.03. The highest BCUT2D eigenvalue weighted by atomic mass is 32.2. The van der Waals surface area contributed by atoms with Crippen LogP contribution in [0, 0.1) is 5.82 Å². The van der Waals surface area contributed by atoms with Crippen molar-refractivity contribution in [2.75, 3.05) is 37.0 Å². The maximum absolute atomic E-state index is 13.8. The van der Waals surface area contributed by atoms with Crippen LogP contribution in [0.2, 0.25) is 0 Å². The van der Waals surface area contributed by atoms with Crippen molar-refractivity contribution >= 4 is 23.6 Å². The predicted molar refractivity (Wildman–Crippen MR) is 105 cm³/mol. The maximum Gasteiger partial charge on any atom is 0.232 e. The van der Waals surface area contributed by atoms with Gasteiger partial charge in [-0.3, -0.25) is 9.36 Å². The summed E-state index contributed by atoms with van der Waals surface area (Å²) in [6, 6.07) is 6.63. The summed E-state index contributed by atoms with van der Waals surface area (Å²) in [5.74, 6) is 0.577. The molecule has 150 valence electrons. The number of ether oxygens (including phenoxy) is 1. The van der Waals surface area contributed by atoms with Crippen LogP contribution in [-0.2, 0) is 9.53 Å². The van der Waals surface area contributed by atoms with Crippen molar-refractivity contribution in [3.8, 4) is 5.69 Å². The van der Waals surface area contributed by atoms with E-state index in [2.05, 4.69) is 20.4 Å². The Morgan fingerprint density at radius 1 is 1.25 bits per heavy atom. The fourth-order valence-corrected chi connectivity index (χ4v) is 4.39. The number of nitrogens with one attached hydrogen (secondary N) is 1. The van der Waals surface area contributed by atoms with Crippen LogP contribution in [-0.4, -0.2) is 58.8 Å². The van der Waals surface area contributed by atoms with Crippen molar-refractivity contribution in [1.29, 1.82) is 0 Å². The van der Waals surface area contributed by atoms with Gasteiger partial charge in [0.2, 0.25) is 11.9 Å². The van der Waals surface area contributed by atoms with E-state index in [1.165, 1.54) is 36.7 Å². The monoisotopic (exact) mass is 405 g/mol. The lowest BCUT2D eigenvalue weighted by molar-refractivity contribution is -0.119. The molecule has 2 fully saturated rings. The molecule has 2 heterocycles. The molecule has 0 spiro atoms. The van der Waals surface area contributed by atoms with Crippen LogP contribution < -0.4 is 10.2 Å². The quantitative estimate of drug-likeness (QED) is 0.744. The van der Waals surface area contributed by atoms with Gasteiger partial charge in [0.25, 0.3) is 0 Å². The Morgan fingerprint density at radius 3 is 2.79 bits per heavy atom. The summed E-state index contributed by atoms with van der Waals surface area (Å²) in [5.41, 5.74) is 0.644. The summed E-state index contributed by atoms with van der Waals surface area (Å²) in [6.45, 7) is 2.62. The first-order valence-electron chi connectivity index (χ1n) is 9.67. The van der Waals surface area contributed by atoms with Gasteiger partial charge in [0.05, 0.1) is 24.7 Å². The summed E-state index contributed by atoms with van der Waals surface area (Å²) < 4.78 is 21.1. The summed E-state index contributed by atoms with van der Waals surface area (Å²) in [6.07, 6.45) is 4.46. The Labute approximate surface area is 167 Å². The molecule has 0 radical (unpaired) electrons. The van der Waals surface area contributed by atoms with Gasteiger partial charge in [0.1, 0.15) is 5.82 Å². The van der Waals surface area contributed by atoms with Crippen LogP contribution in [0.15, 0.2) is 29.4 Å². The third-order valence-electron chi connectivity index (χ3n) is 5.03. The average molecular weight is 405 g/mol. The van der Waals surface area contributed by atoms with Crippen LogP contribution in [0.3, 0.4) is 0 Å². The highest BCUT2D eigenvalue weighted by Gasteiger charge is 2.23. The minimum absolute atomic E-state index is 0.00128. The summed E-state index contributed by atoms with van der Waals surface area (Å²) in [7, 11) is 0. The molecule has 4 rings (SSSR count). The number of rotatable bonds is 6. The van der Waals surface area contributed by atoms with E-state index in [1.54, 1.807) is 6.07 Å². The standard InChI is InChI=1S/C19H24FN5O2S/c20-14-4-3-7-16(12-14)25-18(24-8-10-27-11-9-24)22-23-19(25)28-13-17(26)21-15-5-1-2-6-15/h3-4,7,12,15H,1-2,5-6,8-11,13H2,(H,21,26). The first kappa shape index (κ1) is 19.2. The number of amides is 1. The van der Waals surface area contributed by atoms with Gasteiger partial charge in [0.15, 0.2) is 5.16 Å². The van der Waals surface area contributed by atoms with Gasteiger partial charge in [-0.1, -0.05) is 30.7 Å². The lowest BCUT2D eigenvalue weighted by Gasteiger charge is -2.27. The number of hydrogen-bond acceptors (Lipinski definition) is 6. The number of nitrogens with zero attached hydrogens (tertiary/aromatic N) is 4. The first-order chi connectivity index (χ1) is 13.7. The molecule has 1 N–H and O–H groups in total. The van der Waals surface area contributed by atoms with E-state index in [1.807, 2.05) is 10.6 Å². The van der Waals surface area contributed by atoms with Gasteiger partial charge in [0, 0.05) is 19.1 Å². The van der Waals surface area contributed by atoms with Crippen molar-refractivity contribution in [3.63, 3.8) is 0 Å². The number of thioether (sulfide) groups is 1. The van der Waals surface area contributed by atoms with Crippen LogP contribution in [0.25, 0.3) is 5.69 Å². The largest absolute Gasteiger partial charge is 0.378 e. The molecule has 1 saturated heterocycles. The Morgan fingerprint density at radius 2 is 2.04 bits per heavy atom. The minimum atomic E-state index is -0.325. The van der Waals surface area contributed by atoms with Gasteiger partial charge in [-0.2, -0.15) is 0 Å². The highest BCUT2D eigenvalue weighted by Crippen LogP contribution is 2.27. The van der Waals surface area contributed by atoms with E-state index in [0.29, 0.717) is 43.1 Å². The zero-order valence-electron chi connectivity index (χ0n) is 15.6. The summed E-state index contributed by atoms with van der Waals surface area (Å²) >= 11 is 1.32. The van der Waals surface area contributed by atoms with Crippen LogP contribution in [0.1, 0.15) is 25.7 Å². The average Bonchev–Trinajstić information content (AvgIpc) is 3.36. The van der Waals surface area contributed by atoms with E-state index < -0.39 is 0 Å². The molecule has 1 aromatic heterocycles. The lowest BCUT2D eigenvalue weighted by atomic mass is 10.2. The molecule has 1 aromatic carbocycles. The molecule has 1 aliphatic heterocycles. The third kappa shape index (κ3) is 4.47. The second-order valence-corrected chi connectivity index (χ2v) is 7.98. The molecule has 28 heavy (non-hydrogen) atoms. The summed E-state index contributed by atoms with van der Waals surface area (Å²) in [4.78, 5) is 14.4. The van der Waals surface area contributed by atoms with Gasteiger partial charge in [-0.05, 0) is 31.0 Å². The maximum atomic E-state index is 13.8. The van der Waals surface area contributed by atoms with Gasteiger partial charge < -0.3 is 15.0 Å². The Kier molecular flexibility index (Phi) is 6.11. The van der Waals surface area contributed by atoms with E-state index in [4.69, 9.17) is 4.74 Å². The van der Waals surface area contributed by atoms with E-state index in [0.717, 1.165) is 12.8 Å². The molecule has 2 aromatic rings. The van der Waals surface area contributed by atoms with Gasteiger partial charge in [-0.25, -0.2) is 4.39 Å². The van der Waals surface area contributed by atoms with Crippen molar-refractivity contribution in [2.45, 2.75) is 36.9 Å². The SMILES string of the molecule is O=C(CSc1nnc(N2CCOCC2)n1-c1cccc(F)c1)NC1CCCC1.